The second-order valence-corrected chi connectivity index (χ2v) is 5.23. The van der Waals surface area contributed by atoms with Gasteiger partial charge in [-0.1, -0.05) is 11.6 Å². The lowest BCUT2D eigenvalue weighted by molar-refractivity contribution is 0.622. The summed E-state index contributed by atoms with van der Waals surface area (Å²) in [7, 11) is 0. The summed E-state index contributed by atoms with van der Waals surface area (Å²) in [5, 5.41) is 0.643. The molecule has 0 saturated carbocycles. The molecule has 0 atom stereocenters. The van der Waals surface area contributed by atoms with Crippen LogP contribution in [0.2, 0.25) is 10.4 Å². The van der Waals surface area contributed by atoms with Crippen molar-refractivity contribution >= 4 is 72.6 Å². The Morgan fingerprint density at radius 1 is 1.33 bits per heavy atom. The van der Waals surface area contributed by atoms with Crippen molar-refractivity contribution in [2.45, 2.75) is 0 Å². The van der Waals surface area contributed by atoms with Crippen molar-refractivity contribution in [1.82, 2.24) is 9.97 Å². The third kappa shape index (κ3) is 2.07. The van der Waals surface area contributed by atoms with Crippen LogP contribution >= 0.6 is 61.7 Å². The first-order valence-corrected chi connectivity index (χ1v) is 6.29. The Kier molecular flexibility index (Phi) is 3.35. The van der Waals surface area contributed by atoms with E-state index < -0.39 is 5.82 Å². The fourth-order valence-electron chi connectivity index (χ4n) is 1.11. The van der Waals surface area contributed by atoms with Crippen LogP contribution in [-0.4, -0.2) is 9.97 Å². The second-order valence-electron chi connectivity index (χ2n) is 2.67. The molecule has 1 aromatic heterocycles. The van der Waals surface area contributed by atoms with E-state index in [2.05, 4.69) is 25.9 Å². The first-order chi connectivity index (χ1) is 7.00. The van der Waals surface area contributed by atoms with Crippen molar-refractivity contribution < 1.29 is 4.39 Å². The average Bonchev–Trinajstić information content (AvgIpc) is 2.17. The fourth-order valence-corrected chi connectivity index (χ4v) is 2.52. The highest BCUT2D eigenvalue weighted by Crippen LogP contribution is 2.32. The zero-order valence-corrected chi connectivity index (χ0v) is 12.1. The van der Waals surface area contributed by atoms with Crippen LogP contribution in [0.5, 0.6) is 0 Å². The Bertz CT molecular complexity index is 564. The number of fused-ring (bicyclic) bond motifs is 1. The van der Waals surface area contributed by atoms with Gasteiger partial charge in [0.1, 0.15) is 11.0 Å². The summed E-state index contributed by atoms with van der Waals surface area (Å²) in [5.74, 6) is -0.403. The molecule has 0 aliphatic rings. The normalized spacial score (nSPS) is 11.0. The monoisotopic (exact) mass is 420 g/mol. The van der Waals surface area contributed by atoms with Gasteiger partial charge in [-0.2, -0.15) is 0 Å². The SMILES string of the molecule is Fc1cc2c(Cl)nc(Cl)nc2c(I)c1Br. The number of nitrogens with zero attached hydrogens (tertiary/aromatic N) is 2. The first kappa shape index (κ1) is 11.8. The fraction of sp³-hybridized carbons (Fsp3) is 0. The van der Waals surface area contributed by atoms with E-state index in [9.17, 15) is 4.39 Å². The van der Waals surface area contributed by atoms with Crippen LogP contribution in [0.1, 0.15) is 0 Å². The van der Waals surface area contributed by atoms with E-state index in [0.717, 1.165) is 0 Å². The molecule has 0 N–H and O–H groups in total. The van der Waals surface area contributed by atoms with Crippen LogP contribution in [0, 0.1) is 9.39 Å². The number of aromatic nitrogens is 2. The molecule has 78 valence electrons. The molecule has 0 radical (unpaired) electrons. The van der Waals surface area contributed by atoms with Gasteiger partial charge in [0.25, 0.3) is 0 Å². The van der Waals surface area contributed by atoms with Gasteiger partial charge in [0.15, 0.2) is 0 Å². The van der Waals surface area contributed by atoms with E-state index in [4.69, 9.17) is 23.2 Å². The van der Waals surface area contributed by atoms with Crippen molar-refractivity contribution in [1.29, 1.82) is 0 Å². The maximum Gasteiger partial charge on any atom is 0.224 e. The molecule has 0 saturated heterocycles. The molecule has 0 amide bonds. The van der Waals surface area contributed by atoms with Gasteiger partial charge in [0, 0.05) is 5.39 Å². The highest BCUT2D eigenvalue weighted by Gasteiger charge is 2.14. The molecule has 0 fully saturated rings. The summed E-state index contributed by atoms with van der Waals surface area (Å²) < 4.78 is 14.4. The summed E-state index contributed by atoms with van der Waals surface area (Å²) in [6, 6.07) is 1.28. The van der Waals surface area contributed by atoms with Crippen LogP contribution < -0.4 is 0 Å². The van der Waals surface area contributed by atoms with E-state index in [1.807, 2.05) is 22.6 Å². The third-order valence-corrected chi connectivity index (χ3v) is 4.78. The Balaban J connectivity index is 2.98. The Morgan fingerprint density at radius 3 is 2.67 bits per heavy atom. The Hall–Kier alpha value is 0.280. The first-order valence-electron chi connectivity index (χ1n) is 3.67. The van der Waals surface area contributed by atoms with E-state index in [1.54, 1.807) is 0 Å². The zero-order chi connectivity index (χ0) is 11.2. The second kappa shape index (κ2) is 4.27. The van der Waals surface area contributed by atoms with E-state index in [-0.39, 0.29) is 10.4 Å². The smallest absolute Gasteiger partial charge is 0.217 e. The van der Waals surface area contributed by atoms with E-state index in [0.29, 0.717) is 18.9 Å². The molecule has 0 aliphatic carbocycles. The highest BCUT2D eigenvalue weighted by molar-refractivity contribution is 14.1. The molecule has 0 aliphatic heterocycles. The minimum Gasteiger partial charge on any atom is -0.217 e. The third-order valence-electron chi connectivity index (χ3n) is 1.75. The molecule has 1 heterocycles. The predicted octanol–water partition coefficient (Wildman–Crippen LogP) is 4.44. The van der Waals surface area contributed by atoms with Gasteiger partial charge in [-0.05, 0) is 56.2 Å². The van der Waals surface area contributed by atoms with Crippen molar-refractivity contribution in [3.63, 3.8) is 0 Å². The summed E-state index contributed by atoms with van der Waals surface area (Å²) in [5.41, 5.74) is 0.536. The summed E-state index contributed by atoms with van der Waals surface area (Å²) in [6.45, 7) is 0. The quantitative estimate of drug-likeness (QED) is 0.272. The van der Waals surface area contributed by atoms with Gasteiger partial charge in [-0.15, -0.1) is 0 Å². The molecule has 15 heavy (non-hydrogen) atoms. The summed E-state index contributed by atoms with van der Waals surface area (Å²) >= 11 is 16.6. The molecular formula is C8HBrCl2FIN2. The number of benzene rings is 1. The van der Waals surface area contributed by atoms with Gasteiger partial charge in [0.2, 0.25) is 5.28 Å². The summed E-state index contributed by atoms with van der Waals surface area (Å²) in [4.78, 5) is 7.75. The lowest BCUT2D eigenvalue weighted by Crippen LogP contribution is -1.93. The molecule has 0 bridgehead atoms. The van der Waals surface area contributed by atoms with Gasteiger partial charge in [-0.25, -0.2) is 14.4 Å². The molecule has 2 nitrogen and oxygen atoms in total. The van der Waals surface area contributed by atoms with Gasteiger partial charge in [-0.3, -0.25) is 0 Å². The van der Waals surface area contributed by atoms with Crippen molar-refractivity contribution in [2.75, 3.05) is 0 Å². The number of hydrogen-bond donors (Lipinski definition) is 0. The lowest BCUT2D eigenvalue weighted by atomic mass is 10.2. The average molecular weight is 422 g/mol. The molecule has 7 heteroatoms. The lowest BCUT2D eigenvalue weighted by Gasteiger charge is -2.05. The van der Waals surface area contributed by atoms with Gasteiger partial charge < -0.3 is 0 Å². The molecule has 0 spiro atoms. The maximum absolute atomic E-state index is 13.4. The van der Waals surface area contributed by atoms with Crippen LogP contribution in [0.15, 0.2) is 10.5 Å². The van der Waals surface area contributed by atoms with Crippen molar-refractivity contribution in [3.8, 4) is 0 Å². The van der Waals surface area contributed by atoms with Gasteiger partial charge >= 0.3 is 0 Å². The largest absolute Gasteiger partial charge is 0.224 e. The highest BCUT2D eigenvalue weighted by atomic mass is 127. The topological polar surface area (TPSA) is 25.8 Å². The number of rotatable bonds is 0. The van der Waals surface area contributed by atoms with Crippen LogP contribution in [0.4, 0.5) is 4.39 Å². The Morgan fingerprint density at radius 2 is 2.00 bits per heavy atom. The van der Waals surface area contributed by atoms with Crippen LogP contribution in [0.3, 0.4) is 0 Å². The maximum atomic E-state index is 13.4. The predicted molar refractivity (Wildman–Crippen MR) is 69.9 cm³/mol. The molecular weight excluding hydrogens is 421 g/mol. The molecule has 1 aromatic carbocycles. The molecule has 0 unspecified atom stereocenters. The van der Waals surface area contributed by atoms with Crippen LogP contribution in [0.25, 0.3) is 10.9 Å². The van der Waals surface area contributed by atoms with Crippen molar-refractivity contribution in [3.05, 3.63) is 30.4 Å². The zero-order valence-electron chi connectivity index (χ0n) is 6.86. The number of hydrogen-bond acceptors (Lipinski definition) is 2. The molecule has 2 rings (SSSR count). The molecule has 2 aromatic rings. The minimum absolute atomic E-state index is 0.0453. The number of halogens is 5. The Labute approximate surface area is 116 Å². The summed E-state index contributed by atoms with van der Waals surface area (Å²) in [6.07, 6.45) is 0. The standard InChI is InChI=1S/C8HBrCl2FIN2/c9-4-3(12)1-2-6(5(4)13)14-8(11)15-7(2)10/h1H. The van der Waals surface area contributed by atoms with E-state index in [1.165, 1.54) is 6.07 Å². The van der Waals surface area contributed by atoms with Gasteiger partial charge in [0.05, 0.1) is 13.6 Å². The van der Waals surface area contributed by atoms with E-state index >= 15 is 0 Å². The van der Waals surface area contributed by atoms with Crippen molar-refractivity contribution in [2.24, 2.45) is 0 Å². The minimum atomic E-state index is -0.403. The van der Waals surface area contributed by atoms with Crippen LogP contribution in [-0.2, 0) is 0 Å².